The summed E-state index contributed by atoms with van der Waals surface area (Å²) in [5.74, 6) is -1.10. The van der Waals surface area contributed by atoms with Gasteiger partial charge in [0.15, 0.2) is 0 Å². The lowest BCUT2D eigenvalue weighted by Gasteiger charge is -2.15. The van der Waals surface area contributed by atoms with Gasteiger partial charge in [-0.05, 0) is 30.5 Å². The molecular weight excluding hydrogens is 210 g/mol. The van der Waals surface area contributed by atoms with Crippen LogP contribution in [0.1, 0.15) is 31.2 Å². The molecule has 1 aromatic rings. The van der Waals surface area contributed by atoms with Crippen molar-refractivity contribution in [3.8, 4) is 0 Å². The maximum absolute atomic E-state index is 13.6. The minimum Gasteiger partial charge on any atom is -0.378 e. The van der Waals surface area contributed by atoms with E-state index in [1.807, 2.05) is 0 Å². The monoisotopic (exact) mass is 226 g/mol. The lowest BCUT2D eigenvalue weighted by atomic mass is 10.1. The van der Waals surface area contributed by atoms with Gasteiger partial charge in [-0.15, -0.1) is 0 Å². The van der Waals surface area contributed by atoms with Crippen LogP contribution in [0.2, 0.25) is 0 Å². The molecule has 2 rings (SSSR count). The molecule has 0 heterocycles. The Kier molecular flexibility index (Phi) is 3.39. The number of anilines is 1. The molecule has 0 spiro atoms. The van der Waals surface area contributed by atoms with Crippen LogP contribution in [0, 0.1) is 11.6 Å². The van der Waals surface area contributed by atoms with Gasteiger partial charge in [-0.25, -0.2) is 8.78 Å². The SMILES string of the molecule is NCc1cc(F)c(NC2CCCC2)c(F)c1. The van der Waals surface area contributed by atoms with E-state index < -0.39 is 11.6 Å². The maximum Gasteiger partial charge on any atom is 0.149 e. The van der Waals surface area contributed by atoms with Crippen LogP contribution in [-0.2, 0) is 6.54 Å². The van der Waals surface area contributed by atoms with Crippen LogP contribution in [-0.4, -0.2) is 6.04 Å². The fraction of sp³-hybridized carbons (Fsp3) is 0.500. The van der Waals surface area contributed by atoms with Crippen LogP contribution in [0.15, 0.2) is 12.1 Å². The van der Waals surface area contributed by atoms with Gasteiger partial charge in [-0.1, -0.05) is 12.8 Å². The second kappa shape index (κ2) is 4.78. The molecule has 3 N–H and O–H groups in total. The Morgan fingerprint density at radius 2 is 1.75 bits per heavy atom. The molecule has 1 fully saturated rings. The predicted molar refractivity (Wildman–Crippen MR) is 60.1 cm³/mol. The minimum atomic E-state index is -0.549. The van der Waals surface area contributed by atoms with Gasteiger partial charge in [0.1, 0.15) is 17.3 Å². The fourth-order valence-corrected chi connectivity index (χ4v) is 2.16. The van der Waals surface area contributed by atoms with Gasteiger partial charge in [-0.3, -0.25) is 0 Å². The Bertz CT molecular complexity index is 350. The van der Waals surface area contributed by atoms with E-state index in [1.54, 1.807) is 0 Å². The summed E-state index contributed by atoms with van der Waals surface area (Å²) in [6, 6.07) is 2.79. The van der Waals surface area contributed by atoms with E-state index >= 15 is 0 Å². The first-order valence-corrected chi connectivity index (χ1v) is 5.65. The van der Waals surface area contributed by atoms with Gasteiger partial charge in [0.25, 0.3) is 0 Å². The molecule has 0 radical (unpaired) electrons. The highest BCUT2D eigenvalue weighted by molar-refractivity contribution is 5.48. The van der Waals surface area contributed by atoms with Crippen molar-refractivity contribution in [3.05, 3.63) is 29.3 Å². The molecule has 0 unspecified atom stereocenters. The number of hydrogen-bond donors (Lipinski definition) is 2. The standard InChI is InChI=1S/C12H16F2N2/c13-10-5-8(7-15)6-11(14)12(10)16-9-3-1-2-4-9/h5-6,9,16H,1-4,7,15H2. The lowest BCUT2D eigenvalue weighted by Crippen LogP contribution is -2.17. The number of rotatable bonds is 3. The first-order valence-electron chi connectivity index (χ1n) is 5.65. The second-order valence-electron chi connectivity index (χ2n) is 4.26. The molecule has 2 nitrogen and oxygen atoms in total. The van der Waals surface area contributed by atoms with E-state index in [9.17, 15) is 8.78 Å². The van der Waals surface area contributed by atoms with Crippen LogP contribution in [0.25, 0.3) is 0 Å². The van der Waals surface area contributed by atoms with Crippen molar-refractivity contribution in [1.82, 2.24) is 0 Å². The van der Waals surface area contributed by atoms with Gasteiger partial charge < -0.3 is 11.1 Å². The van der Waals surface area contributed by atoms with Crippen molar-refractivity contribution >= 4 is 5.69 Å². The van der Waals surface area contributed by atoms with E-state index in [4.69, 9.17) is 5.73 Å². The highest BCUT2D eigenvalue weighted by Gasteiger charge is 2.18. The molecular formula is C12H16F2N2. The Balaban J connectivity index is 2.19. The zero-order valence-corrected chi connectivity index (χ0v) is 9.10. The van der Waals surface area contributed by atoms with Gasteiger partial charge in [0.2, 0.25) is 0 Å². The number of halogens is 2. The van der Waals surface area contributed by atoms with E-state index in [0.717, 1.165) is 25.7 Å². The second-order valence-corrected chi connectivity index (χ2v) is 4.26. The molecule has 88 valence electrons. The summed E-state index contributed by atoms with van der Waals surface area (Å²) in [6.07, 6.45) is 4.22. The Morgan fingerprint density at radius 1 is 1.19 bits per heavy atom. The summed E-state index contributed by atoms with van der Waals surface area (Å²) in [5.41, 5.74) is 5.82. The van der Waals surface area contributed by atoms with Gasteiger partial charge in [0, 0.05) is 12.6 Å². The topological polar surface area (TPSA) is 38.0 Å². The molecule has 16 heavy (non-hydrogen) atoms. The molecule has 0 amide bonds. The maximum atomic E-state index is 13.6. The summed E-state index contributed by atoms with van der Waals surface area (Å²) < 4.78 is 27.2. The average molecular weight is 226 g/mol. The third-order valence-electron chi connectivity index (χ3n) is 3.04. The Hall–Kier alpha value is -1.16. The van der Waals surface area contributed by atoms with Crippen molar-refractivity contribution in [1.29, 1.82) is 0 Å². The summed E-state index contributed by atoms with van der Waals surface area (Å²) >= 11 is 0. The molecule has 0 aromatic heterocycles. The smallest absolute Gasteiger partial charge is 0.149 e. The van der Waals surface area contributed by atoms with Crippen molar-refractivity contribution in [2.75, 3.05) is 5.32 Å². The molecule has 0 saturated heterocycles. The van der Waals surface area contributed by atoms with Gasteiger partial charge >= 0.3 is 0 Å². The number of nitrogens with one attached hydrogen (secondary N) is 1. The molecule has 4 heteroatoms. The fourth-order valence-electron chi connectivity index (χ4n) is 2.16. The van der Waals surface area contributed by atoms with Gasteiger partial charge in [-0.2, -0.15) is 0 Å². The average Bonchev–Trinajstić information content (AvgIpc) is 2.75. The largest absolute Gasteiger partial charge is 0.378 e. The summed E-state index contributed by atoms with van der Waals surface area (Å²) in [5, 5.41) is 2.94. The quantitative estimate of drug-likeness (QED) is 0.831. The molecule has 1 aromatic carbocycles. The normalized spacial score (nSPS) is 16.7. The number of benzene rings is 1. The van der Waals surface area contributed by atoms with Crippen molar-refractivity contribution in [2.45, 2.75) is 38.3 Å². The van der Waals surface area contributed by atoms with Crippen LogP contribution in [0.3, 0.4) is 0 Å². The number of hydrogen-bond acceptors (Lipinski definition) is 2. The molecule has 0 bridgehead atoms. The third kappa shape index (κ3) is 2.32. The predicted octanol–water partition coefficient (Wildman–Crippen LogP) is 2.78. The zero-order valence-electron chi connectivity index (χ0n) is 9.10. The first-order chi connectivity index (χ1) is 7.70. The first kappa shape index (κ1) is 11.3. The summed E-state index contributed by atoms with van der Waals surface area (Å²) in [7, 11) is 0. The zero-order chi connectivity index (χ0) is 11.5. The van der Waals surface area contributed by atoms with E-state index in [2.05, 4.69) is 5.32 Å². The van der Waals surface area contributed by atoms with Crippen LogP contribution in [0.5, 0.6) is 0 Å². The van der Waals surface area contributed by atoms with E-state index in [0.29, 0.717) is 5.56 Å². The highest BCUT2D eigenvalue weighted by Crippen LogP contribution is 2.26. The lowest BCUT2D eigenvalue weighted by molar-refractivity contribution is 0.578. The summed E-state index contributed by atoms with van der Waals surface area (Å²) in [4.78, 5) is 0. The minimum absolute atomic E-state index is 0.0101. The molecule has 0 atom stereocenters. The van der Waals surface area contributed by atoms with Crippen molar-refractivity contribution in [2.24, 2.45) is 5.73 Å². The highest BCUT2D eigenvalue weighted by atomic mass is 19.1. The number of nitrogens with two attached hydrogens (primary N) is 1. The summed E-state index contributed by atoms with van der Waals surface area (Å²) in [6.45, 7) is 0.150. The van der Waals surface area contributed by atoms with Crippen molar-refractivity contribution in [3.63, 3.8) is 0 Å². The van der Waals surface area contributed by atoms with Crippen LogP contribution < -0.4 is 11.1 Å². The van der Waals surface area contributed by atoms with Crippen LogP contribution >= 0.6 is 0 Å². The molecule has 0 aliphatic heterocycles. The van der Waals surface area contributed by atoms with Crippen LogP contribution in [0.4, 0.5) is 14.5 Å². The van der Waals surface area contributed by atoms with E-state index in [1.165, 1.54) is 12.1 Å². The van der Waals surface area contributed by atoms with Crippen molar-refractivity contribution < 1.29 is 8.78 Å². The molecule has 1 aliphatic rings. The van der Waals surface area contributed by atoms with E-state index in [-0.39, 0.29) is 18.3 Å². The Labute approximate surface area is 93.8 Å². The third-order valence-corrected chi connectivity index (χ3v) is 3.04. The van der Waals surface area contributed by atoms with Gasteiger partial charge in [0.05, 0.1) is 0 Å². The Morgan fingerprint density at radius 3 is 2.25 bits per heavy atom. The molecule has 1 aliphatic carbocycles. The molecule has 1 saturated carbocycles.